The second-order valence-electron chi connectivity index (χ2n) is 5.13. The van der Waals surface area contributed by atoms with Crippen LogP contribution in [0.3, 0.4) is 0 Å². The van der Waals surface area contributed by atoms with E-state index in [0.717, 1.165) is 18.0 Å². The molecule has 2 heterocycles. The van der Waals surface area contributed by atoms with Gasteiger partial charge in [-0.05, 0) is 44.0 Å². The van der Waals surface area contributed by atoms with Gasteiger partial charge >= 0.3 is 0 Å². The summed E-state index contributed by atoms with van der Waals surface area (Å²) in [6.45, 7) is 5.28. The Morgan fingerprint density at radius 1 is 1.39 bits per heavy atom. The third-order valence-corrected chi connectivity index (χ3v) is 3.69. The number of allylic oxidation sites excluding steroid dienone is 1. The molecule has 0 radical (unpaired) electrons. The lowest BCUT2D eigenvalue weighted by atomic mass is 9.98. The van der Waals surface area contributed by atoms with Crippen molar-refractivity contribution < 1.29 is 0 Å². The number of rotatable bonds is 1. The van der Waals surface area contributed by atoms with Crippen LogP contribution >= 0.6 is 11.6 Å². The van der Waals surface area contributed by atoms with Crippen molar-refractivity contribution in [2.24, 2.45) is 0 Å². The van der Waals surface area contributed by atoms with E-state index in [0.29, 0.717) is 6.04 Å². The highest BCUT2D eigenvalue weighted by Crippen LogP contribution is 2.32. The van der Waals surface area contributed by atoms with Crippen LogP contribution in [-0.2, 0) is 6.42 Å². The van der Waals surface area contributed by atoms with E-state index in [2.05, 4.69) is 42.4 Å². The van der Waals surface area contributed by atoms with Crippen LogP contribution in [0.5, 0.6) is 0 Å². The first-order valence-electron chi connectivity index (χ1n) is 6.33. The van der Waals surface area contributed by atoms with E-state index < -0.39 is 0 Å². The number of hydrogen-bond acceptors (Lipinski definition) is 1. The molecule has 0 aliphatic carbocycles. The molecule has 2 aromatic rings. The minimum atomic E-state index is 0.296. The highest BCUT2D eigenvalue weighted by atomic mass is 35.5. The molecule has 1 aromatic carbocycles. The minimum Gasteiger partial charge on any atom is -0.357 e. The zero-order valence-electron chi connectivity index (χ0n) is 10.7. The molecule has 1 atom stereocenters. The molecule has 3 heteroatoms. The van der Waals surface area contributed by atoms with Gasteiger partial charge in [0.15, 0.2) is 0 Å². The van der Waals surface area contributed by atoms with Crippen LogP contribution in [-0.4, -0.2) is 11.5 Å². The number of fused-ring (bicyclic) bond motifs is 3. The Hall–Kier alpha value is -1.25. The topological polar surface area (TPSA) is 27.8 Å². The Morgan fingerprint density at radius 2 is 2.22 bits per heavy atom. The summed E-state index contributed by atoms with van der Waals surface area (Å²) in [5.41, 5.74) is 5.21. The number of H-pyrrole nitrogens is 1. The van der Waals surface area contributed by atoms with Crippen LogP contribution in [0.2, 0.25) is 5.02 Å². The average molecular weight is 261 g/mol. The number of halogens is 1. The second-order valence-corrected chi connectivity index (χ2v) is 5.57. The molecule has 2 N–H and O–H groups in total. The third-order valence-electron chi connectivity index (χ3n) is 3.45. The summed E-state index contributed by atoms with van der Waals surface area (Å²) in [4.78, 5) is 3.53. The molecular formula is C15H17ClN2. The molecule has 94 valence electrons. The van der Waals surface area contributed by atoms with E-state index in [1.165, 1.54) is 27.7 Å². The molecular weight excluding hydrogens is 244 g/mol. The zero-order chi connectivity index (χ0) is 12.7. The molecule has 1 aliphatic rings. The van der Waals surface area contributed by atoms with Crippen LogP contribution in [0.15, 0.2) is 29.8 Å². The maximum Gasteiger partial charge on any atom is 0.0664 e. The molecule has 1 aliphatic heterocycles. The molecule has 0 saturated heterocycles. The summed E-state index contributed by atoms with van der Waals surface area (Å²) in [7, 11) is 0. The van der Waals surface area contributed by atoms with E-state index in [1.807, 2.05) is 6.07 Å². The third kappa shape index (κ3) is 1.96. The Balaban J connectivity index is 2.18. The molecule has 0 fully saturated rings. The first-order chi connectivity index (χ1) is 8.65. The van der Waals surface area contributed by atoms with Gasteiger partial charge < -0.3 is 10.3 Å². The van der Waals surface area contributed by atoms with Crippen LogP contribution in [0.1, 0.15) is 31.1 Å². The van der Waals surface area contributed by atoms with Gasteiger partial charge in [0.05, 0.1) is 6.04 Å². The van der Waals surface area contributed by atoms with Gasteiger partial charge in [-0.2, -0.15) is 0 Å². The summed E-state index contributed by atoms with van der Waals surface area (Å²) >= 11 is 6.10. The largest absolute Gasteiger partial charge is 0.357 e. The van der Waals surface area contributed by atoms with Gasteiger partial charge in [0, 0.05) is 28.2 Å². The van der Waals surface area contributed by atoms with Crippen molar-refractivity contribution in [3.8, 4) is 0 Å². The number of aromatic nitrogens is 1. The molecule has 0 spiro atoms. The van der Waals surface area contributed by atoms with Crippen LogP contribution in [0.25, 0.3) is 10.9 Å². The second kappa shape index (κ2) is 4.45. The number of nitrogens with one attached hydrogen (secondary N) is 2. The van der Waals surface area contributed by atoms with Gasteiger partial charge in [0.25, 0.3) is 0 Å². The van der Waals surface area contributed by atoms with Gasteiger partial charge in [0.2, 0.25) is 0 Å². The number of benzene rings is 1. The van der Waals surface area contributed by atoms with Crippen LogP contribution in [0.4, 0.5) is 0 Å². The lowest BCUT2D eigenvalue weighted by Crippen LogP contribution is -2.28. The first-order valence-corrected chi connectivity index (χ1v) is 6.71. The Labute approximate surface area is 112 Å². The predicted octanol–water partition coefficient (Wildman–Crippen LogP) is 3.97. The van der Waals surface area contributed by atoms with E-state index in [-0.39, 0.29) is 0 Å². The van der Waals surface area contributed by atoms with Crippen molar-refractivity contribution in [1.82, 2.24) is 10.3 Å². The normalized spacial score (nSPS) is 18.7. The summed E-state index contributed by atoms with van der Waals surface area (Å²) in [6, 6.07) is 6.37. The minimum absolute atomic E-state index is 0.296. The molecule has 0 saturated carbocycles. The molecule has 3 rings (SSSR count). The summed E-state index contributed by atoms with van der Waals surface area (Å²) in [6.07, 6.45) is 3.33. The Bertz CT molecular complexity index is 621. The average Bonchev–Trinajstić information content (AvgIpc) is 2.68. The van der Waals surface area contributed by atoms with E-state index in [4.69, 9.17) is 11.6 Å². The maximum absolute atomic E-state index is 6.10. The molecule has 0 bridgehead atoms. The van der Waals surface area contributed by atoms with Gasteiger partial charge in [-0.1, -0.05) is 23.3 Å². The quantitative estimate of drug-likeness (QED) is 0.746. The van der Waals surface area contributed by atoms with E-state index >= 15 is 0 Å². The number of aromatic amines is 1. The Morgan fingerprint density at radius 3 is 3.00 bits per heavy atom. The SMILES string of the molecule is CC(C)=C[C@@H]1NCCc2c1[nH]c1ccc(Cl)cc21. The monoisotopic (exact) mass is 260 g/mol. The smallest absolute Gasteiger partial charge is 0.0664 e. The lowest BCUT2D eigenvalue weighted by Gasteiger charge is -2.22. The fraction of sp³-hybridized carbons (Fsp3) is 0.333. The van der Waals surface area contributed by atoms with Crippen molar-refractivity contribution in [3.05, 3.63) is 46.1 Å². The lowest BCUT2D eigenvalue weighted by molar-refractivity contribution is 0.571. The standard InChI is InChI=1S/C15H17ClN2/c1-9(2)7-14-15-11(5-6-17-14)12-8-10(16)3-4-13(12)18-15/h3-4,7-8,14,17-18H,5-6H2,1-2H3/t14-/m0/s1. The highest BCUT2D eigenvalue weighted by molar-refractivity contribution is 6.31. The van der Waals surface area contributed by atoms with Crippen molar-refractivity contribution in [2.75, 3.05) is 6.54 Å². The van der Waals surface area contributed by atoms with Gasteiger partial charge in [-0.25, -0.2) is 0 Å². The van der Waals surface area contributed by atoms with E-state index in [9.17, 15) is 0 Å². The van der Waals surface area contributed by atoms with Crippen molar-refractivity contribution in [1.29, 1.82) is 0 Å². The fourth-order valence-electron chi connectivity index (χ4n) is 2.71. The highest BCUT2D eigenvalue weighted by Gasteiger charge is 2.22. The zero-order valence-corrected chi connectivity index (χ0v) is 11.4. The van der Waals surface area contributed by atoms with Crippen molar-refractivity contribution in [3.63, 3.8) is 0 Å². The molecule has 2 nitrogen and oxygen atoms in total. The Kier molecular flexibility index (Phi) is 2.92. The molecule has 0 amide bonds. The van der Waals surface area contributed by atoms with Crippen molar-refractivity contribution in [2.45, 2.75) is 26.3 Å². The molecule has 0 unspecified atom stereocenters. The van der Waals surface area contributed by atoms with Crippen LogP contribution in [0, 0.1) is 0 Å². The molecule has 1 aromatic heterocycles. The number of hydrogen-bond donors (Lipinski definition) is 2. The van der Waals surface area contributed by atoms with Crippen LogP contribution < -0.4 is 5.32 Å². The first kappa shape index (κ1) is 11.8. The summed E-state index contributed by atoms with van der Waals surface area (Å²) < 4.78 is 0. The fourth-order valence-corrected chi connectivity index (χ4v) is 2.88. The van der Waals surface area contributed by atoms with Gasteiger partial charge in [0.1, 0.15) is 0 Å². The summed E-state index contributed by atoms with van der Waals surface area (Å²) in [5.74, 6) is 0. The van der Waals surface area contributed by atoms with Crippen molar-refractivity contribution >= 4 is 22.5 Å². The molecule has 18 heavy (non-hydrogen) atoms. The maximum atomic E-state index is 6.10. The van der Waals surface area contributed by atoms with E-state index in [1.54, 1.807) is 0 Å². The van der Waals surface area contributed by atoms with Gasteiger partial charge in [-0.15, -0.1) is 0 Å². The predicted molar refractivity (Wildman–Crippen MR) is 77.2 cm³/mol. The summed E-state index contributed by atoms with van der Waals surface area (Å²) in [5, 5.41) is 5.62. The van der Waals surface area contributed by atoms with Gasteiger partial charge in [-0.3, -0.25) is 0 Å².